The lowest BCUT2D eigenvalue weighted by Gasteiger charge is -2.23. The van der Waals surface area contributed by atoms with Gasteiger partial charge in [0, 0.05) is 33.5 Å². The lowest BCUT2D eigenvalue weighted by Crippen LogP contribution is -2.40. The molecule has 0 saturated heterocycles. The van der Waals surface area contributed by atoms with Crippen molar-refractivity contribution in [2.75, 3.05) is 14.1 Å². The summed E-state index contributed by atoms with van der Waals surface area (Å²) in [6.45, 7) is 3.91. The monoisotopic (exact) mass is 260 g/mol. The number of imidazole rings is 1. The van der Waals surface area contributed by atoms with Crippen molar-refractivity contribution in [3.8, 4) is 0 Å². The van der Waals surface area contributed by atoms with Crippen LogP contribution in [-0.4, -0.2) is 36.4 Å². The Balaban J connectivity index is 3.02. The molecule has 17 heavy (non-hydrogen) atoms. The Morgan fingerprint density at radius 2 is 2.00 bits per heavy atom. The fourth-order valence-electron chi connectivity index (χ4n) is 1.43. The van der Waals surface area contributed by atoms with Crippen molar-refractivity contribution in [1.29, 1.82) is 0 Å². The van der Waals surface area contributed by atoms with Gasteiger partial charge in [0.05, 0.1) is 6.04 Å². The molecule has 0 radical (unpaired) electrons. The zero-order chi connectivity index (χ0) is 13.2. The lowest BCUT2D eigenvalue weighted by molar-refractivity contribution is 0.416. The standard InChI is InChI=1S/C10H20N4O2S/c1-8(2)9(10-11-6-7-14(10)5)12-17(15,16)13(3)4/h6-9,12H,1-5H3. The molecule has 0 amide bonds. The smallest absolute Gasteiger partial charge is 0.279 e. The highest BCUT2D eigenvalue weighted by Crippen LogP contribution is 2.20. The minimum Gasteiger partial charge on any atom is -0.337 e. The van der Waals surface area contributed by atoms with Gasteiger partial charge in [-0.15, -0.1) is 0 Å². The van der Waals surface area contributed by atoms with Crippen molar-refractivity contribution >= 4 is 10.2 Å². The summed E-state index contributed by atoms with van der Waals surface area (Å²) < 4.78 is 29.3. The van der Waals surface area contributed by atoms with Crippen LogP contribution in [-0.2, 0) is 17.3 Å². The first-order valence-corrected chi connectivity index (χ1v) is 6.86. The zero-order valence-corrected chi connectivity index (χ0v) is 11.7. The van der Waals surface area contributed by atoms with E-state index >= 15 is 0 Å². The first kappa shape index (κ1) is 14.1. The topological polar surface area (TPSA) is 67.2 Å². The van der Waals surface area contributed by atoms with Crippen LogP contribution in [0.2, 0.25) is 0 Å². The maximum absolute atomic E-state index is 11.8. The van der Waals surface area contributed by atoms with E-state index in [2.05, 4.69) is 9.71 Å². The summed E-state index contributed by atoms with van der Waals surface area (Å²) in [5.41, 5.74) is 0. The van der Waals surface area contributed by atoms with Crippen molar-refractivity contribution in [2.45, 2.75) is 19.9 Å². The Morgan fingerprint density at radius 1 is 1.41 bits per heavy atom. The van der Waals surface area contributed by atoms with Crippen molar-refractivity contribution in [2.24, 2.45) is 13.0 Å². The van der Waals surface area contributed by atoms with Crippen LogP contribution in [0.1, 0.15) is 25.7 Å². The van der Waals surface area contributed by atoms with E-state index in [0.29, 0.717) is 5.82 Å². The van der Waals surface area contributed by atoms with Gasteiger partial charge in [-0.3, -0.25) is 0 Å². The van der Waals surface area contributed by atoms with Crippen LogP contribution in [0.25, 0.3) is 0 Å². The first-order valence-electron chi connectivity index (χ1n) is 5.42. The van der Waals surface area contributed by atoms with Gasteiger partial charge in [-0.2, -0.15) is 17.4 Å². The summed E-state index contributed by atoms with van der Waals surface area (Å²) in [5, 5.41) is 0. The van der Waals surface area contributed by atoms with Gasteiger partial charge in [-0.1, -0.05) is 13.8 Å². The molecule has 1 heterocycles. The second-order valence-electron chi connectivity index (χ2n) is 4.52. The van der Waals surface area contributed by atoms with Crippen molar-refractivity contribution < 1.29 is 8.42 Å². The summed E-state index contributed by atoms with van der Waals surface area (Å²) in [6, 6.07) is -0.331. The highest BCUT2D eigenvalue weighted by molar-refractivity contribution is 7.87. The molecule has 0 aliphatic carbocycles. The van der Waals surface area contributed by atoms with E-state index in [4.69, 9.17) is 0 Å². The van der Waals surface area contributed by atoms with Gasteiger partial charge in [0.1, 0.15) is 5.82 Å². The number of rotatable bonds is 5. The summed E-state index contributed by atoms with van der Waals surface area (Å²) in [4.78, 5) is 4.20. The molecule has 1 aromatic heterocycles. The highest BCUT2D eigenvalue weighted by atomic mass is 32.2. The molecule has 1 rings (SSSR count). The van der Waals surface area contributed by atoms with Crippen LogP contribution in [0, 0.1) is 5.92 Å². The number of nitrogens with zero attached hydrogens (tertiary/aromatic N) is 3. The Morgan fingerprint density at radius 3 is 2.35 bits per heavy atom. The van der Waals surface area contributed by atoms with Gasteiger partial charge in [-0.25, -0.2) is 4.98 Å². The maximum Gasteiger partial charge on any atom is 0.279 e. The zero-order valence-electron chi connectivity index (χ0n) is 10.9. The number of aromatic nitrogens is 2. The molecule has 1 unspecified atom stereocenters. The van der Waals surface area contributed by atoms with E-state index in [0.717, 1.165) is 4.31 Å². The molecule has 0 saturated carbocycles. The molecule has 1 atom stereocenters. The van der Waals surface area contributed by atoms with Crippen LogP contribution in [0.15, 0.2) is 12.4 Å². The summed E-state index contributed by atoms with van der Waals surface area (Å²) in [7, 11) is 1.39. The molecular weight excluding hydrogens is 240 g/mol. The molecule has 0 spiro atoms. The lowest BCUT2D eigenvalue weighted by atomic mass is 10.1. The van der Waals surface area contributed by atoms with Crippen molar-refractivity contribution in [1.82, 2.24) is 18.6 Å². The third-order valence-corrected chi connectivity index (χ3v) is 4.07. The highest BCUT2D eigenvalue weighted by Gasteiger charge is 2.26. The normalized spacial score (nSPS) is 14.5. The van der Waals surface area contributed by atoms with E-state index in [-0.39, 0.29) is 12.0 Å². The third-order valence-electron chi connectivity index (χ3n) is 2.56. The summed E-state index contributed by atoms with van der Waals surface area (Å²) in [6.07, 6.45) is 3.46. The van der Waals surface area contributed by atoms with Gasteiger partial charge < -0.3 is 4.57 Å². The SMILES string of the molecule is CC(C)C(NS(=O)(=O)N(C)C)c1nccn1C. The van der Waals surface area contributed by atoms with Crippen LogP contribution in [0.4, 0.5) is 0 Å². The molecule has 0 fully saturated rings. The molecule has 0 aliphatic heterocycles. The molecule has 98 valence electrons. The largest absolute Gasteiger partial charge is 0.337 e. The van der Waals surface area contributed by atoms with Gasteiger partial charge >= 0.3 is 0 Å². The third kappa shape index (κ3) is 3.27. The quantitative estimate of drug-likeness (QED) is 0.839. The number of hydrogen-bond donors (Lipinski definition) is 1. The van der Waals surface area contributed by atoms with Crippen LogP contribution in [0.3, 0.4) is 0 Å². The molecule has 6 nitrogen and oxygen atoms in total. The van der Waals surface area contributed by atoms with Gasteiger partial charge in [0.2, 0.25) is 0 Å². The van der Waals surface area contributed by atoms with Crippen LogP contribution in [0.5, 0.6) is 0 Å². The molecular formula is C10H20N4O2S. The second-order valence-corrected chi connectivity index (χ2v) is 6.44. The van der Waals surface area contributed by atoms with Gasteiger partial charge in [0.15, 0.2) is 0 Å². The first-order chi connectivity index (χ1) is 7.75. The molecule has 1 aromatic rings. The average Bonchev–Trinajstić information content (AvgIpc) is 2.60. The predicted octanol–water partition coefficient (Wildman–Crippen LogP) is 0.513. The average molecular weight is 260 g/mol. The van der Waals surface area contributed by atoms with E-state index in [1.54, 1.807) is 12.4 Å². The molecule has 0 bridgehead atoms. The number of nitrogens with one attached hydrogen (secondary N) is 1. The van der Waals surface area contributed by atoms with Gasteiger partial charge in [-0.05, 0) is 5.92 Å². The van der Waals surface area contributed by atoms with E-state index in [1.807, 2.05) is 25.5 Å². The van der Waals surface area contributed by atoms with Crippen LogP contribution < -0.4 is 4.72 Å². The van der Waals surface area contributed by atoms with E-state index in [1.165, 1.54) is 14.1 Å². The molecule has 0 aliphatic rings. The number of hydrogen-bond acceptors (Lipinski definition) is 3. The maximum atomic E-state index is 11.8. The fourth-order valence-corrected chi connectivity index (χ4v) is 2.34. The summed E-state index contributed by atoms with van der Waals surface area (Å²) in [5.74, 6) is 0.830. The van der Waals surface area contributed by atoms with E-state index in [9.17, 15) is 8.42 Å². The Kier molecular flexibility index (Phi) is 4.29. The fraction of sp³-hybridized carbons (Fsp3) is 0.700. The molecule has 7 heteroatoms. The summed E-state index contributed by atoms with van der Waals surface area (Å²) >= 11 is 0. The van der Waals surface area contributed by atoms with Crippen molar-refractivity contribution in [3.63, 3.8) is 0 Å². The number of aryl methyl sites for hydroxylation is 1. The second kappa shape index (κ2) is 5.16. The predicted molar refractivity (Wildman–Crippen MR) is 66.5 cm³/mol. The van der Waals surface area contributed by atoms with Gasteiger partial charge in [0.25, 0.3) is 10.2 Å². The Hall–Kier alpha value is -0.920. The molecule has 0 aromatic carbocycles. The molecule has 1 N–H and O–H groups in total. The van der Waals surface area contributed by atoms with Crippen LogP contribution >= 0.6 is 0 Å². The Labute approximate surface area is 103 Å². The van der Waals surface area contributed by atoms with E-state index < -0.39 is 10.2 Å². The van der Waals surface area contributed by atoms with Crippen molar-refractivity contribution in [3.05, 3.63) is 18.2 Å². The minimum atomic E-state index is -3.46. The Bertz CT molecular complexity index is 464. The minimum absolute atomic E-state index is 0.117.